The molecule has 2 aromatic heterocycles. The van der Waals surface area contributed by atoms with Crippen LogP contribution < -0.4 is 5.32 Å². The van der Waals surface area contributed by atoms with Gasteiger partial charge in [-0.2, -0.15) is 18.3 Å². The number of rotatable bonds is 6. The molecular formula is C23H19F3N4O3S. The van der Waals surface area contributed by atoms with Gasteiger partial charge in [0.05, 0.1) is 28.4 Å². The number of H-pyrrole nitrogens is 1. The van der Waals surface area contributed by atoms with Gasteiger partial charge in [0.15, 0.2) is 9.84 Å². The highest BCUT2D eigenvalue weighted by molar-refractivity contribution is 7.93. The van der Waals surface area contributed by atoms with E-state index in [4.69, 9.17) is 0 Å². The normalized spacial score (nSPS) is 14.4. The molecule has 0 radical (unpaired) electrons. The monoisotopic (exact) mass is 488 g/mol. The van der Waals surface area contributed by atoms with E-state index in [-0.39, 0.29) is 0 Å². The second-order valence-corrected chi connectivity index (χ2v) is 10.5. The third-order valence-electron chi connectivity index (χ3n) is 5.70. The summed E-state index contributed by atoms with van der Waals surface area (Å²) in [6, 6.07) is 10.2. The molecule has 2 aromatic carbocycles. The van der Waals surface area contributed by atoms with Gasteiger partial charge in [0.2, 0.25) is 5.91 Å². The van der Waals surface area contributed by atoms with E-state index in [1.165, 1.54) is 16.8 Å². The predicted octanol–water partition coefficient (Wildman–Crippen LogP) is 4.56. The number of nitrogens with zero attached hydrogens (tertiary/aromatic N) is 2. The predicted molar refractivity (Wildman–Crippen MR) is 121 cm³/mol. The zero-order valence-electron chi connectivity index (χ0n) is 17.6. The van der Waals surface area contributed by atoms with E-state index in [0.29, 0.717) is 29.6 Å². The van der Waals surface area contributed by atoms with Gasteiger partial charge >= 0.3 is 6.18 Å². The van der Waals surface area contributed by atoms with E-state index in [9.17, 15) is 26.4 Å². The van der Waals surface area contributed by atoms with Crippen LogP contribution in [0.3, 0.4) is 0 Å². The molecule has 0 spiro atoms. The molecule has 176 valence electrons. The fourth-order valence-corrected chi connectivity index (χ4v) is 5.26. The fourth-order valence-electron chi connectivity index (χ4n) is 3.73. The van der Waals surface area contributed by atoms with Gasteiger partial charge in [-0.15, -0.1) is 0 Å². The highest BCUT2D eigenvalue weighted by atomic mass is 32.2. The minimum absolute atomic E-state index is 0.408. The molecule has 11 heteroatoms. The van der Waals surface area contributed by atoms with Crippen LogP contribution in [0.4, 0.5) is 18.9 Å². The molecule has 2 heterocycles. The zero-order chi connectivity index (χ0) is 24.1. The Balaban J connectivity index is 1.38. The van der Waals surface area contributed by atoms with Crippen molar-refractivity contribution in [1.82, 2.24) is 14.8 Å². The Kier molecular flexibility index (Phi) is 5.23. The van der Waals surface area contributed by atoms with Gasteiger partial charge < -0.3 is 10.3 Å². The maximum Gasteiger partial charge on any atom is 0.416 e. The standard InChI is InChI=1S/C23H19F3N4O3S/c24-23(25,26)16-2-4-17(5-3-16)30-12-15(10-28-30)14-1-8-20-19(9-14)21(11-27-20)29-22(31)13-34(32,33)18-6-7-18/h1-5,8-12,18,27H,6-7,13H2,(H,29,31). The summed E-state index contributed by atoms with van der Waals surface area (Å²) in [7, 11) is -3.42. The van der Waals surface area contributed by atoms with Crippen LogP contribution in [0, 0.1) is 0 Å². The Morgan fingerprint density at radius 2 is 1.85 bits per heavy atom. The van der Waals surface area contributed by atoms with E-state index in [2.05, 4.69) is 15.4 Å². The molecule has 0 saturated heterocycles. The number of fused-ring (bicyclic) bond motifs is 1. The maximum atomic E-state index is 12.8. The number of amides is 1. The first-order valence-corrected chi connectivity index (χ1v) is 12.2. The molecule has 34 heavy (non-hydrogen) atoms. The van der Waals surface area contributed by atoms with Crippen molar-refractivity contribution in [2.75, 3.05) is 11.1 Å². The summed E-state index contributed by atoms with van der Waals surface area (Å²) in [4.78, 5) is 15.4. The number of hydrogen-bond donors (Lipinski definition) is 2. The quantitative estimate of drug-likeness (QED) is 0.416. The van der Waals surface area contributed by atoms with Crippen LogP contribution in [0.15, 0.2) is 61.1 Å². The third-order valence-corrected chi connectivity index (χ3v) is 7.85. The number of carbonyl (C=O) groups is 1. The molecule has 0 bridgehead atoms. The number of nitrogens with one attached hydrogen (secondary N) is 2. The van der Waals surface area contributed by atoms with Gasteiger partial charge in [0.1, 0.15) is 5.75 Å². The SMILES string of the molecule is O=C(CS(=O)(=O)C1CC1)Nc1c[nH]c2ccc(-c3cnn(-c4ccc(C(F)(F)F)cc4)c3)cc12. The first kappa shape index (κ1) is 22.2. The molecule has 1 saturated carbocycles. The highest BCUT2D eigenvalue weighted by Gasteiger charge is 2.37. The van der Waals surface area contributed by atoms with E-state index >= 15 is 0 Å². The number of halogens is 3. The number of hydrogen-bond acceptors (Lipinski definition) is 4. The van der Waals surface area contributed by atoms with Gasteiger partial charge in [0.25, 0.3) is 0 Å². The van der Waals surface area contributed by atoms with Gasteiger partial charge in [-0.3, -0.25) is 4.79 Å². The van der Waals surface area contributed by atoms with E-state index in [1.807, 2.05) is 18.2 Å². The van der Waals surface area contributed by atoms with Crippen molar-refractivity contribution in [2.45, 2.75) is 24.3 Å². The van der Waals surface area contributed by atoms with Crippen molar-refractivity contribution < 1.29 is 26.4 Å². The largest absolute Gasteiger partial charge is 0.416 e. The molecule has 7 nitrogen and oxygen atoms in total. The third kappa shape index (κ3) is 4.43. The fraction of sp³-hybridized carbons (Fsp3) is 0.217. The number of aromatic nitrogens is 3. The molecule has 0 aliphatic heterocycles. The van der Waals surface area contributed by atoms with Crippen LogP contribution in [-0.2, 0) is 20.8 Å². The molecule has 1 aliphatic rings. The van der Waals surface area contributed by atoms with Gasteiger partial charge in [0, 0.05) is 28.9 Å². The molecule has 4 aromatic rings. The van der Waals surface area contributed by atoms with Crippen LogP contribution in [0.2, 0.25) is 0 Å². The first-order chi connectivity index (χ1) is 16.1. The lowest BCUT2D eigenvalue weighted by molar-refractivity contribution is -0.137. The molecule has 2 N–H and O–H groups in total. The van der Waals surface area contributed by atoms with Crippen LogP contribution in [0.1, 0.15) is 18.4 Å². The van der Waals surface area contributed by atoms with Gasteiger partial charge in [-0.25, -0.2) is 13.1 Å². The Morgan fingerprint density at radius 1 is 1.12 bits per heavy atom. The summed E-state index contributed by atoms with van der Waals surface area (Å²) >= 11 is 0. The lowest BCUT2D eigenvalue weighted by Gasteiger charge is -2.07. The van der Waals surface area contributed by atoms with Crippen molar-refractivity contribution in [3.05, 3.63) is 66.6 Å². The number of anilines is 1. The van der Waals surface area contributed by atoms with E-state index in [0.717, 1.165) is 28.8 Å². The summed E-state index contributed by atoms with van der Waals surface area (Å²) in [5.74, 6) is -1.14. The number of alkyl halides is 3. The molecule has 0 atom stereocenters. The minimum Gasteiger partial charge on any atom is -0.359 e. The number of carbonyl (C=O) groups excluding carboxylic acids is 1. The molecular weight excluding hydrogens is 469 g/mol. The van der Waals surface area contributed by atoms with Crippen LogP contribution in [0.25, 0.3) is 27.7 Å². The topological polar surface area (TPSA) is 96.8 Å². The Labute approximate surface area is 192 Å². The minimum atomic E-state index is -4.41. The lowest BCUT2D eigenvalue weighted by Crippen LogP contribution is -2.25. The molecule has 1 aliphatic carbocycles. The second-order valence-electron chi connectivity index (χ2n) is 8.24. The van der Waals surface area contributed by atoms with E-state index < -0.39 is 38.5 Å². The van der Waals surface area contributed by atoms with Crippen LogP contribution >= 0.6 is 0 Å². The summed E-state index contributed by atoms with van der Waals surface area (Å²) in [5.41, 5.74) is 2.44. The number of sulfone groups is 1. The van der Waals surface area contributed by atoms with Crippen molar-refractivity contribution in [3.63, 3.8) is 0 Å². The summed E-state index contributed by atoms with van der Waals surface area (Å²) in [6.45, 7) is 0. The number of aromatic amines is 1. The van der Waals surface area contributed by atoms with Crippen molar-refractivity contribution in [2.24, 2.45) is 0 Å². The molecule has 1 amide bonds. The first-order valence-electron chi connectivity index (χ1n) is 10.5. The van der Waals surface area contributed by atoms with Crippen LogP contribution in [-0.4, -0.2) is 40.1 Å². The molecule has 5 rings (SSSR count). The highest BCUT2D eigenvalue weighted by Crippen LogP contribution is 2.32. The smallest absolute Gasteiger partial charge is 0.359 e. The Hall–Kier alpha value is -3.60. The molecule has 1 fully saturated rings. The average Bonchev–Trinajstić information content (AvgIpc) is 3.42. The Morgan fingerprint density at radius 3 is 2.53 bits per heavy atom. The van der Waals surface area contributed by atoms with Gasteiger partial charge in [-0.05, 0) is 54.8 Å². The van der Waals surface area contributed by atoms with Crippen molar-refractivity contribution in [3.8, 4) is 16.8 Å². The maximum absolute atomic E-state index is 12.8. The lowest BCUT2D eigenvalue weighted by atomic mass is 10.1. The van der Waals surface area contributed by atoms with Gasteiger partial charge in [-0.1, -0.05) is 6.07 Å². The second kappa shape index (κ2) is 8.01. The summed E-state index contributed by atoms with van der Waals surface area (Å²) < 4.78 is 64.0. The van der Waals surface area contributed by atoms with Crippen molar-refractivity contribution >= 4 is 32.3 Å². The summed E-state index contributed by atoms with van der Waals surface area (Å²) in [5, 5.41) is 7.20. The summed E-state index contributed by atoms with van der Waals surface area (Å²) in [6.07, 6.45) is 1.68. The number of benzene rings is 2. The zero-order valence-corrected chi connectivity index (χ0v) is 18.4. The Bertz CT molecular complexity index is 1480. The van der Waals surface area contributed by atoms with E-state index in [1.54, 1.807) is 18.6 Å². The molecule has 0 unspecified atom stereocenters. The average molecular weight is 488 g/mol. The van der Waals surface area contributed by atoms with Crippen molar-refractivity contribution in [1.29, 1.82) is 0 Å². The van der Waals surface area contributed by atoms with Crippen LogP contribution in [0.5, 0.6) is 0 Å².